The number of anilines is 1. The smallest absolute Gasteiger partial charge is 0.262 e. The molecule has 0 spiro atoms. The maximum atomic E-state index is 13.0. The molecule has 158 valence electrons. The van der Waals surface area contributed by atoms with Crippen molar-refractivity contribution in [2.24, 2.45) is 0 Å². The van der Waals surface area contributed by atoms with E-state index >= 15 is 0 Å². The number of carbonyl (C=O) groups is 2. The third-order valence-electron chi connectivity index (χ3n) is 4.68. The Morgan fingerprint density at radius 1 is 1.32 bits per heavy atom. The minimum atomic E-state index is -0.427. The Bertz CT molecular complexity index is 1160. The molecule has 1 unspecified atom stereocenters. The number of ether oxygens (including phenoxy) is 1. The molecule has 1 aliphatic rings. The number of amides is 1. The summed E-state index contributed by atoms with van der Waals surface area (Å²) in [6.07, 6.45) is 1.76. The SMILES string of the molecule is C=CCn1c(SC(C)C(=O)c2ccc3c(c2)NC(=O)CO3)nnc1-c1ccc(Cl)cc1. The Labute approximate surface area is 188 Å². The van der Waals surface area contributed by atoms with Gasteiger partial charge in [0.15, 0.2) is 23.4 Å². The highest BCUT2D eigenvalue weighted by atomic mass is 35.5. The highest BCUT2D eigenvalue weighted by molar-refractivity contribution is 8.00. The van der Waals surface area contributed by atoms with Crippen LogP contribution in [0.25, 0.3) is 11.4 Å². The molecule has 0 bridgehead atoms. The van der Waals surface area contributed by atoms with Crippen LogP contribution >= 0.6 is 23.4 Å². The molecule has 9 heteroatoms. The molecule has 1 aliphatic heterocycles. The fourth-order valence-electron chi connectivity index (χ4n) is 3.16. The van der Waals surface area contributed by atoms with Crippen molar-refractivity contribution in [2.75, 3.05) is 11.9 Å². The molecule has 0 saturated heterocycles. The van der Waals surface area contributed by atoms with E-state index in [9.17, 15) is 9.59 Å². The lowest BCUT2D eigenvalue weighted by Gasteiger charge is -2.19. The first-order chi connectivity index (χ1) is 15.0. The summed E-state index contributed by atoms with van der Waals surface area (Å²) < 4.78 is 7.26. The lowest BCUT2D eigenvalue weighted by atomic mass is 10.1. The quantitative estimate of drug-likeness (QED) is 0.322. The van der Waals surface area contributed by atoms with Gasteiger partial charge < -0.3 is 10.1 Å². The zero-order valence-corrected chi connectivity index (χ0v) is 18.2. The van der Waals surface area contributed by atoms with Crippen LogP contribution in [0.5, 0.6) is 5.75 Å². The minimum Gasteiger partial charge on any atom is -0.482 e. The first kappa shape index (κ1) is 21.1. The van der Waals surface area contributed by atoms with Crippen LogP contribution in [0.2, 0.25) is 5.02 Å². The Kier molecular flexibility index (Phi) is 6.11. The molecule has 3 aromatic rings. The molecule has 1 amide bonds. The third kappa shape index (κ3) is 4.50. The van der Waals surface area contributed by atoms with Gasteiger partial charge in [0, 0.05) is 22.7 Å². The van der Waals surface area contributed by atoms with Crippen molar-refractivity contribution in [1.29, 1.82) is 0 Å². The lowest BCUT2D eigenvalue weighted by Crippen LogP contribution is -2.25. The third-order valence-corrected chi connectivity index (χ3v) is 6.01. The summed E-state index contributed by atoms with van der Waals surface area (Å²) in [6.45, 7) is 6.10. The van der Waals surface area contributed by atoms with E-state index in [1.165, 1.54) is 11.8 Å². The zero-order chi connectivity index (χ0) is 22.0. The summed E-state index contributed by atoms with van der Waals surface area (Å²) in [5, 5.41) is 12.2. The van der Waals surface area contributed by atoms with Crippen LogP contribution in [0.1, 0.15) is 17.3 Å². The molecule has 0 saturated carbocycles. The normalized spacial score (nSPS) is 13.7. The van der Waals surface area contributed by atoms with Crippen LogP contribution in [0, 0.1) is 0 Å². The van der Waals surface area contributed by atoms with Crippen LogP contribution in [0.3, 0.4) is 0 Å². The maximum Gasteiger partial charge on any atom is 0.262 e. The van der Waals surface area contributed by atoms with E-state index in [4.69, 9.17) is 16.3 Å². The standard InChI is InChI=1S/C22H19ClN4O3S/c1-3-10-27-21(14-4-7-16(23)8-5-14)25-26-22(27)31-13(2)20(29)15-6-9-18-17(11-15)24-19(28)12-30-18/h3-9,11,13H,1,10,12H2,2H3,(H,24,28). The highest BCUT2D eigenvalue weighted by Gasteiger charge is 2.24. The summed E-state index contributed by atoms with van der Waals surface area (Å²) in [6, 6.07) is 12.4. The predicted octanol–water partition coefficient (Wildman–Crippen LogP) is 4.48. The van der Waals surface area contributed by atoms with Gasteiger partial charge in [0.05, 0.1) is 10.9 Å². The summed E-state index contributed by atoms with van der Waals surface area (Å²) in [7, 11) is 0. The number of hydrogen-bond donors (Lipinski definition) is 1. The Morgan fingerprint density at radius 2 is 2.10 bits per heavy atom. The fourth-order valence-corrected chi connectivity index (χ4v) is 4.23. The first-order valence-electron chi connectivity index (χ1n) is 9.54. The van der Waals surface area contributed by atoms with Gasteiger partial charge in [-0.1, -0.05) is 29.4 Å². The van der Waals surface area contributed by atoms with Gasteiger partial charge in [-0.2, -0.15) is 0 Å². The number of halogens is 1. The number of Topliss-reactive ketones (excluding diaryl/α,β-unsaturated/α-hetero) is 1. The van der Waals surface area contributed by atoms with Crippen LogP contribution < -0.4 is 10.1 Å². The molecule has 0 aliphatic carbocycles. The second-order valence-electron chi connectivity index (χ2n) is 6.88. The number of aromatic nitrogens is 3. The van der Waals surface area contributed by atoms with Gasteiger partial charge in [-0.15, -0.1) is 16.8 Å². The van der Waals surface area contributed by atoms with Gasteiger partial charge in [-0.05, 0) is 49.4 Å². The number of thioether (sulfide) groups is 1. The number of fused-ring (bicyclic) bond motifs is 1. The van der Waals surface area contributed by atoms with Crippen molar-refractivity contribution >= 4 is 40.7 Å². The Morgan fingerprint density at radius 3 is 2.84 bits per heavy atom. The maximum absolute atomic E-state index is 13.0. The van der Waals surface area contributed by atoms with E-state index in [1.54, 1.807) is 36.4 Å². The van der Waals surface area contributed by atoms with Crippen molar-refractivity contribution in [3.63, 3.8) is 0 Å². The van der Waals surface area contributed by atoms with Gasteiger partial charge in [-0.3, -0.25) is 14.2 Å². The number of nitrogens with zero attached hydrogens (tertiary/aromatic N) is 3. The second kappa shape index (κ2) is 8.95. The fraction of sp³-hybridized carbons (Fsp3) is 0.182. The number of rotatable bonds is 7. The molecular weight excluding hydrogens is 436 g/mol. The van der Waals surface area contributed by atoms with Crippen LogP contribution in [0.15, 0.2) is 60.3 Å². The number of nitrogens with one attached hydrogen (secondary N) is 1. The predicted molar refractivity (Wildman–Crippen MR) is 121 cm³/mol. The van der Waals surface area contributed by atoms with Crippen molar-refractivity contribution < 1.29 is 14.3 Å². The molecule has 2 heterocycles. The van der Waals surface area contributed by atoms with Gasteiger partial charge >= 0.3 is 0 Å². The van der Waals surface area contributed by atoms with Crippen LogP contribution in [-0.4, -0.2) is 38.3 Å². The molecule has 31 heavy (non-hydrogen) atoms. The number of benzene rings is 2. The monoisotopic (exact) mass is 454 g/mol. The van der Waals surface area contributed by atoms with Gasteiger partial charge in [0.2, 0.25) is 0 Å². The largest absolute Gasteiger partial charge is 0.482 e. The summed E-state index contributed by atoms with van der Waals surface area (Å²) in [5.74, 6) is 0.891. The molecule has 7 nitrogen and oxygen atoms in total. The van der Waals surface area contributed by atoms with Crippen LogP contribution in [0.4, 0.5) is 5.69 Å². The Hall–Kier alpha value is -3.10. The Balaban J connectivity index is 1.57. The van der Waals surface area contributed by atoms with E-state index < -0.39 is 5.25 Å². The van der Waals surface area contributed by atoms with E-state index in [0.717, 1.165) is 5.56 Å². The number of carbonyl (C=O) groups excluding carboxylic acids is 2. The number of allylic oxidation sites excluding steroid dienone is 1. The van der Waals surface area contributed by atoms with Gasteiger partial charge in [-0.25, -0.2) is 0 Å². The molecular formula is C22H19ClN4O3S. The highest BCUT2D eigenvalue weighted by Crippen LogP contribution is 2.32. The first-order valence-corrected chi connectivity index (χ1v) is 10.8. The van der Waals surface area contributed by atoms with Crippen molar-refractivity contribution in [1.82, 2.24) is 14.8 Å². The van der Waals surface area contributed by atoms with E-state index in [1.807, 2.05) is 23.6 Å². The van der Waals surface area contributed by atoms with E-state index in [2.05, 4.69) is 22.1 Å². The summed E-state index contributed by atoms with van der Waals surface area (Å²) in [5.41, 5.74) is 1.85. The van der Waals surface area contributed by atoms with Crippen LogP contribution in [-0.2, 0) is 11.3 Å². The van der Waals surface area contributed by atoms with Crippen molar-refractivity contribution in [3.8, 4) is 17.1 Å². The van der Waals surface area contributed by atoms with Gasteiger partial charge in [0.1, 0.15) is 5.75 Å². The topological polar surface area (TPSA) is 86.1 Å². The number of ketones is 1. The van der Waals surface area contributed by atoms with Gasteiger partial charge in [0.25, 0.3) is 5.91 Å². The molecule has 0 fully saturated rings. The minimum absolute atomic E-state index is 0.0263. The lowest BCUT2D eigenvalue weighted by molar-refractivity contribution is -0.118. The molecule has 1 atom stereocenters. The molecule has 1 N–H and O–H groups in total. The summed E-state index contributed by atoms with van der Waals surface area (Å²) in [4.78, 5) is 24.6. The average molecular weight is 455 g/mol. The molecule has 2 aromatic carbocycles. The number of hydrogen-bond acceptors (Lipinski definition) is 6. The average Bonchev–Trinajstić information content (AvgIpc) is 3.15. The van der Waals surface area contributed by atoms with Crippen molar-refractivity contribution in [3.05, 3.63) is 65.7 Å². The molecule has 4 rings (SSSR count). The van der Waals surface area contributed by atoms with E-state index in [-0.39, 0.29) is 18.3 Å². The molecule has 0 radical (unpaired) electrons. The van der Waals surface area contributed by atoms with E-state index in [0.29, 0.717) is 39.5 Å². The zero-order valence-electron chi connectivity index (χ0n) is 16.7. The second-order valence-corrected chi connectivity index (χ2v) is 8.63. The molecule has 1 aromatic heterocycles. The summed E-state index contributed by atoms with van der Waals surface area (Å²) >= 11 is 7.30. The van der Waals surface area contributed by atoms with Crippen molar-refractivity contribution in [2.45, 2.75) is 23.9 Å².